The van der Waals surface area contributed by atoms with Gasteiger partial charge < -0.3 is 15.8 Å². The lowest BCUT2D eigenvalue weighted by atomic mass is 10.1. The van der Waals surface area contributed by atoms with Gasteiger partial charge in [-0.05, 0) is 41.9 Å². The SMILES string of the molecule is CCN(CC(C)/C(N)=N/O)c1ccc(Br)c(C)n1. The molecule has 1 unspecified atom stereocenters. The third kappa shape index (κ3) is 3.60. The van der Waals surface area contributed by atoms with Gasteiger partial charge in [0.15, 0.2) is 0 Å². The standard InChI is InChI=1S/C12H19BrN4O/c1-4-17(7-8(2)12(14)16-18)11-6-5-10(13)9(3)15-11/h5-6,8,18H,4,7H2,1-3H3,(H2,14,16). The van der Waals surface area contributed by atoms with E-state index in [0.29, 0.717) is 6.54 Å². The van der Waals surface area contributed by atoms with Gasteiger partial charge in [-0.2, -0.15) is 0 Å². The summed E-state index contributed by atoms with van der Waals surface area (Å²) in [5.41, 5.74) is 6.54. The highest BCUT2D eigenvalue weighted by Crippen LogP contribution is 2.19. The summed E-state index contributed by atoms with van der Waals surface area (Å²) in [7, 11) is 0. The predicted molar refractivity (Wildman–Crippen MR) is 77.1 cm³/mol. The number of pyridine rings is 1. The minimum Gasteiger partial charge on any atom is -0.409 e. The Morgan fingerprint density at radius 1 is 1.61 bits per heavy atom. The zero-order valence-electron chi connectivity index (χ0n) is 10.9. The van der Waals surface area contributed by atoms with Crippen LogP contribution < -0.4 is 10.6 Å². The van der Waals surface area contributed by atoms with E-state index in [0.717, 1.165) is 22.5 Å². The van der Waals surface area contributed by atoms with Crippen molar-refractivity contribution in [3.8, 4) is 0 Å². The summed E-state index contributed by atoms with van der Waals surface area (Å²) in [5, 5.41) is 11.7. The average molecular weight is 315 g/mol. The van der Waals surface area contributed by atoms with Crippen molar-refractivity contribution in [1.82, 2.24) is 4.98 Å². The molecule has 6 heteroatoms. The maximum absolute atomic E-state index is 8.66. The van der Waals surface area contributed by atoms with E-state index < -0.39 is 0 Å². The lowest BCUT2D eigenvalue weighted by Gasteiger charge is -2.25. The van der Waals surface area contributed by atoms with E-state index in [1.54, 1.807) is 0 Å². The fourth-order valence-corrected chi connectivity index (χ4v) is 1.84. The number of rotatable bonds is 5. The Morgan fingerprint density at radius 3 is 2.78 bits per heavy atom. The topological polar surface area (TPSA) is 74.7 Å². The van der Waals surface area contributed by atoms with E-state index in [1.807, 2.05) is 26.0 Å². The van der Waals surface area contributed by atoms with Crippen LogP contribution in [0.1, 0.15) is 19.5 Å². The molecule has 100 valence electrons. The molecule has 0 fully saturated rings. The van der Waals surface area contributed by atoms with Gasteiger partial charge in [0.1, 0.15) is 11.7 Å². The summed E-state index contributed by atoms with van der Waals surface area (Å²) < 4.78 is 0.992. The summed E-state index contributed by atoms with van der Waals surface area (Å²) in [4.78, 5) is 6.62. The molecule has 0 amide bonds. The van der Waals surface area contributed by atoms with E-state index in [4.69, 9.17) is 10.9 Å². The van der Waals surface area contributed by atoms with Gasteiger partial charge in [0.2, 0.25) is 0 Å². The first kappa shape index (κ1) is 14.8. The zero-order valence-corrected chi connectivity index (χ0v) is 12.5. The number of nitrogens with two attached hydrogens (primary N) is 1. The molecule has 5 nitrogen and oxygen atoms in total. The van der Waals surface area contributed by atoms with Gasteiger partial charge >= 0.3 is 0 Å². The number of amidine groups is 1. The van der Waals surface area contributed by atoms with Crippen molar-refractivity contribution in [2.24, 2.45) is 16.8 Å². The highest BCUT2D eigenvalue weighted by Gasteiger charge is 2.14. The third-order valence-corrected chi connectivity index (χ3v) is 3.67. The molecular formula is C12H19BrN4O. The third-order valence-electron chi connectivity index (χ3n) is 2.83. The number of halogens is 1. The lowest BCUT2D eigenvalue weighted by molar-refractivity contribution is 0.314. The van der Waals surface area contributed by atoms with Gasteiger partial charge in [-0.25, -0.2) is 4.98 Å². The van der Waals surface area contributed by atoms with Crippen LogP contribution in [0.4, 0.5) is 5.82 Å². The van der Waals surface area contributed by atoms with E-state index in [1.165, 1.54) is 0 Å². The van der Waals surface area contributed by atoms with Crippen molar-refractivity contribution in [1.29, 1.82) is 0 Å². The molecule has 1 aromatic rings. The average Bonchev–Trinajstić information content (AvgIpc) is 2.38. The highest BCUT2D eigenvalue weighted by molar-refractivity contribution is 9.10. The highest BCUT2D eigenvalue weighted by atomic mass is 79.9. The second-order valence-electron chi connectivity index (χ2n) is 4.20. The molecule has 1 heterocycles. The van der Waals surface area contributed by atoms with Gasteiger partial charge in [-0.15, -0.1) is 0 Å². The number of hydrogen-bond donors (Lipinski definition) is 2. The molecule has 1 atom stereocenters. The summed E-state index contributed by atoms with van der Waals surface area (Å²) >= 11 is 3.43. The number of oxime groups is 1. The number of aromatic nitrogens is 1. The first-order chi connectivity index (χ1) is 8.49. The van der Waals surface area contributed by atoms with Crippen LogP contribution >= 0.6 is 15.9 Å². The number of nitrogens with zero attached hydrogens (tertiary/aromatic N) is 3. The summed E-state index contributed by atoms with van der Waals surface area (Å²) in [5.74, 6) is 1.11. The zero-order chi connectivity index (χ0) is 13.7. The van der Waals surface area contributed by atoms with Crippen molar-refractivity contribution >= 4 is 27.6 Å². The Balaban J connectivity index is 2.86. The molecule has 0 aliphatic carbocycles. The van der Waals surface area contributed by atoms with Crippen LogP contribution in [-0.2, 0) is 0 Å². The molecule has 0 aliphatic rings. The van der Waals surface area contributed by atoms with Crippen LogP contribution in [0, 0.1) is 12.8 Å². The number of hydrogen-bond acceptors (Lipinski definition) is 4. The van der Waals surface area contributed by atoms with Crippen molar-refractivity contribution in [3.05, 3.63) is 22.3 Å². The normalized spacial score (nSPS) is 13.4. The molecule has 18 heavy (non-hydrogen) atoms. The molecule has 3 N–H and O–H groups in total. The smallest absolute Gasteiger partial charge is 0.143 e. The van der Waals surface area contributed by atoms with Gasteiger partial charge in [0, 0.05) is 23.5 Å². The Kier molecular flexibility index (Phi) is 5.40. The van der Waals surface area contributed by atoms with Gasteiger partial charge in [-0.1, -0.05) is 12.1 Å². The summed E-state index contributed by atoms with van der Waals surface area (Å²) in [6, 6.07) is 3.94. The van der Waals surface area contributed by atoms with Crippen LogP contribution in [0.25, 0.3) is 0 Å². The van der Waals surface area contributed by atoms with Crippen LogP contribution in [0.5, 0.6) is 0 Å². The second kappa shape index (κ2) is 6.58. The van der Waals surface area contributed by atoms with Crippen LogP contribution in [0.15, 0.2) is 21.8 Å². The van der Waals surface area contributed by atoms with E-state index in [9.17, 15) is 0 Å². The number of aryl methyl sites for hydroxylation is 1. The van der Waals surface area contributed by atoms with Crippen molar-refractivity contribution in [2.75, 3.05) is 18.0 Å². The van der Waals surface area contributed by atoms with E-state index in [-0.39, 0.29) is 11.8 Å². The summed E-state index contributed by atoms with van der Waals surface area (Å²) in [6.07, 6.45) is 0. The van der Waals surface area contributed by atoms with Gasteiger partial charge in [0.05, 0.1) is 5.69 Å². The molecule has 0 radical (unpaired) electrons. The first-order valence-electron chi connectivity index (χ1n) is 5.85. The van der Waals surface area contributed by atoms with Crippen molar-refractivity contribution in [2.45, 2.75) is 20.8 Å². The van der Waals surface area contributed by atoms with E-state index >= 15 is 0 Å². The van der Waals surface area contributed by atoms with Crippen LogP contribution in [0.3, 0.4) is 0 Å². The fraction of sp³-hybridized carbons (Fsp3) is 0.500. The minimum absolute atomic E-state index is 0.0271. The monoisotopic (exact) mass is 314 g/mol. The molecule has 0 saturated heterocycles. The quantitative estimate of drug-likeness (QED) is 0.378. The molecule has 1 rings (SSSR count). The number of anilines is 1. The van der Waals surface area contributed by atoms with Gasteiger partial charge in [-0.3, -0.25) is 0 Å². The fourth-order valence-electron chi connectivity index (χ4n) is 1.61. The van der Waals surface area contributed by atoms with E-state index in [2.05, 4.69) is 37.9 Å². The molecule has 0 aromatic carbocycles. The maximum atomic E-state index is 8.66. The summed E-state index contributed by atoms with van der Waals surface area (Å²) in [6.45, 7) is 7.41. The molecule has 0 aliphatic heterocycles. The van der Waals surface area contributed by atoms with Gasteiger partial charge in [0.25, 0.3) is 0 Å². The molecular weight excluding hydrogens is 296 g/mol. The molecule has 1 aromatic heterocycles. The Labute approximate surface area is 116 Å². The second-order valence-corrected chi connectivity index (χ2v) is 5.06. The van der Waals surface area contributed by atoms with Crippen LogP contribution in [0.2, 0.25) is 0 Å². The lowest BCUT2D eigenvalue weighted by Crippen LogP contribution is -2.35. The van der Waals surface area contributed by atoms with Crippen molar-refractivity contribution < 1.29 is 5.21 Å². The molecule has 0 spiro atoms. The first-order valence-corrected chi connectivity index (χ1v) is 6.64. The predicted octanol–water partition coefficient (Wildman–Crippen LogP) is 2.36. The Morgan fingerprint density at radius 2 is 2.28 bits per heavy atom. The maximum Gasteiger partial charge on any atom is 0.143 e. The Bertz CT molecular complexity index is 436. The Hall–Kier alpha value is -1.30. The minimum atomic E-state index is -0.0271. The largest absolute Gasteiger partial charge is 0.409 e. The molecule has 0 bridgehead atoms. The van der Waals surface area contributed by atoms with Crippen LogP contribution in [-0.4, -0.2) is 29.1 Å². The molecule has 0 saturated carbocycles. The van der Waals surface area contributed by atoms with Crippen molar-refractivity contribution in [3.63, 3.8) is 0 Å².